The van der Waals surface area contributed by atoms with Crippen LogP contribution in [-0.4, -0.2) is 13.7 Å². The summed E-state index contributed by atoms with van der Waals surface area (Å²) in [5, 5.41) is 17.4. The van der Waals surface area contributed by atoms with E-state index in [9.17, 15) is 5.26 Å². The van der Waals surface area contributed by atoms with Crippen molar-refractivity contribution in [3.05, 3.63) is 193 Å². The highest BCUT2D eigenvalue weighted by atomic mass is 15.0. The maximum Gasteiger partial charge on any atom is 0.188 e. The molecule has 3 heterocycles. The second kappa shape index (κ2) is 11.8. The normalized spacial score (nSPS) is 11.6. The van der Waals surface area contributed by atoms with Crippen LogP contribution in [0.1, 0.15) is 5.56 Å². The predicted molar refractivity (Wildman–Crippen MR) is 226 cm³/mol. The number of fused-ring (bicyclic) bond motifs is 9. The van der Waals surface area contributed by atoms with Crippen molar-refractivity contribution in [1.82, 2.24) is 13.7 Å². The molecule has 0 saturated carbocycles. The molecule has 5 heteroatoms. The van der Waals surface area contributed by atoms with Gasteiger partial charge in [-0.25, -0.2) is 4.85 Å². The van der Waals surface area contributed by atoms with Crippen LogP contribution in [0.15, 0.2) is 176 Å². The summed E-state index contributed by atoms with van der Waals surface area (Å²) >= 11 is 0. The van der Waals surface area contributed by atoms with E-state index in [2.05, 4.69) is 182 Å². The second-order valence-corrected chi connectivity index (χ2v) is 13.9. The Labute approximate surface area is 316 Å². The molecule has 5 nitrogen and oxygen atoms in total. The molecule has 11 aromatic rings. The van der Waals surface area contributed by atoms with E-state index in [0.29, 0.717) is 11.3 Å². The zero-order valence-corrected chi connectivity index (χ0v) is 29.5. The number of para-hydroxylation sites is 5. The van der Waals surface area contributed by atoms with Gasteiger partial charge in [-0.1, -0.05) is 109 Å². The van der Waals surface area contributed by atoms with Crippen molar-refractivity contribution >= 4 is 71.1 Å². The van der Waals surface area contributed by atoms with Gasteiger partial charge in [0.1, 0.15) is 6.07 Å². The number of hydrogen-bond donors (Lipinski definition) is 0. The standard InChI is InChI=1S/C50H29N5/c1-52-34-25-29-47(54-42-17-7-2-12-36(42)37-13-3-8-18-43(37)54)41(30-34)32-22-26-35(27-23-32)53-46-21-11-6-16-40(46)49-48(53)28-24-33(31-51)50(49)55-44-19-9-4-14-38(44)39-15-5-10-20-45(39)55/h2-30H. The average molecular weight is 700 g/mol. The summed E-state index contributed by atoms with van der Waals surface area (Å²) in [6.45, 7) is 7.87. The highest BCUT2D eigenvalue weighted by Gasteiger charge is 2.23. The summed E-state index contributed by atoms with van der Waals surface area (Å²) in [5.74, 6) is 0. The van der Waals surface area contributed by atoms with Crippen LogP contribution in [0.5, 0.6) is 0 Å². The second-order valence-electron chi connectivity index (χ2n) is 13.9. The molecule has 55 heavy (non-hydrogen) atoms. The van der Waals surface area contributed by atoms with E-state index < -0.39 is 0 Å². The third-order valence-corrected chi connectivity index (χ3v) is 11.1. The largest absolute Gasteiger partial charge is 0.309 e. The lowest BCUT2D eigenvalue weighted by Gasteiger charge is -2.16. The monoisotopic (exact) mass is 699 g/mol. The fourth-order valence-corrected chi connectivity index (χ4v) is 8.80. The van der Waals surface area contributed by atoms with E-state index in [-0.39, 0.29) is 0 Å². The SMILES string of the molecule is [C-]#[N+]c1ccc(-n2c3ccccc3c3ccccc32)c(-c2ccc(-n3c4ccccc4c4c(-n5c6ccccc6c6ccccc65)c(C#N)ccc43)cc2)c1. The number of benzene rings is 8. The Morgan fingerprint density at radius 1 is 0.455 bits per heavy atom. The average Bonchev–Trinajstić information content (AvgIpc) is 3.89. The van der Waals surface area contributed by atoms with E-state index in [0.717, 1.165) is 82.8 Å². The summed E-state index contributed by atoms with van der Waals surface area (Å²) in [7, 11) is 0. The molecule has 11 rings (SSSR count). The van der Waals surface area contributed by atoms with Crippen LogP contribution in [0, 0.1) is 17.9 Å². The van der Waals surface area contributed by atoms with Gasteiger partial charge < -0.3 is 13.7 Å². The minimum atomic E-state index is 0.594. The van der Waals surface area contributed by atoms with Crippen molar-refractivity contribution in [2.24, 2.45) is 0 Å². The van der Waals surface area contributed by atoms with Crippen LogP contribution in [0.4, 0.5) is 5.69 Å². The van der Waals surface area contributed by atoms with Gasteiger partial charge in [0.25, 0.3) is 0 Å². The highest BCUT2D eigenvalue weighted by Crippen LogP contribution is 2.42. The number of aromatic nitrogens is 3. The topological polar surface area (TPSA) is 42.9 Å². The molecule has 8 aromatic carbocycles. The molecule has 254 valence electrons. The van der Waals surface area contributed by atoms with Crippen molar-refractivity contribution in [1.29, 1.82) is 5.26 Å². The molecule has 0 saturated heterocycles. The molecule has 0 atom stereocenters. The number of rotatable bonds is 4. The maximum absolute atomic E-state index is 10.6. The third kappa shape index (κ3) is 4.39. The minimum absolute atomic E-state index is 0.594. The van der Waals surface area contributed by atoms with Gasteiger partial charge in [-0.2, -0.15) is 5.26 Å². The lowest BCUT2D eigenvalue weighted by Crippen LogP contribution is -2.00. The maximum atomic E-state index is 10.6. The Kier molecular flexibility index (Phi) is 6.61. The summed E-state index contributed by atoms with van der Waals surface area (Å²) in [6, 6.07) is 63.6. The van der Waals surface area contributed by atoms with Gasteiger partial charge in [-0.05, 0) is 77.9 Å². The Morgan fingerprint density at radius 3 is 1.47 bits per heavy atom. The van der Waals surface area contributed by atoms with Crippen molar-refractivity contribution in [2.45, 2.75) is 0 Å². The van der Waals surface area contributed by atoms with Crippen molar-refractivity contribution in [3.8, 4) is 34.3 Å². The van der Waals surface area contributed by atoms with Crippen molar-refractivity contribution in [3.63, 3.8) is 0 Å². The molecule has 0 aliphatic heterocycles. The van der Waals surface area contributed by atoms with Gasteiger partial charge in [0.05, 0.1) is 56.6 Å². The summed E-state index contributed by atoms with van der Waals surface area (Å²) in [4.78, 5) is 3.82. The predicted octanol–water partition coefficient (Wildman–Crippen LogP) is 13.1. The van der Waals surface area contributed by atoms with Gasteiger partial charge in [0.15, 0.2) is 5.69 Å². The molecular weight excluding hydrogens is 671 g/mol. The van der Waals surface area contributed by atoms with E-state index in [1.807, 2.05) is 18.2 Å². The lowest BCUT2D eigenvalue weighted by atomic mass is 10.0. The first-order chi connectivity index (χ1) is 27.2. The fraction of sp³-hybridized carbons (Fsp3) is 0. The molecule has 0 aliphatic rings. The molecule has 0 fully saturated rings. The van der Waals surface area contributed by atoms with E-state index >= 15 is 0 Å². The molecule has 0 aliphatic carbocycles. The molecule has 3 aromatic heterocycles. The van der Waals surface area contributed by atoms with Crippen LogP contribution in [0.25, 0.3) is 98.5 Å². The lowest BCUT2D eigenvalue weighted by molar-refractivity contribution is 1.16. The Balaban J connectivity index is 1.14. The number of nitrogens with zero attached hydrogens (tertiary/aromatic N) is 5. The molecule has 0 radical (unpaired) electrons. The quantitative estimate of drug-likeness (QED) is 0.169. The number of nitriles is 1. The van der Waals surface area contributed by atoms with Crippen molar-refractivity contribution < 1.29 is 0 Å². The first-order valence-corrected chi connectivity index (χ1v) is 18.3. The Morgan fingerprint density at radius 2 is 0.945 bits per heavy atom. The smallest absolute Gasteiger partial charge is 0.188 e. The fourth-order valence-electron chi connectivity index (χ4n) is 8.80. The van der Waals surface area contributed by atoms with Gasteiger partial charge in [-0.3, -0.25) is 0 Å². The Hall–Kier alpha value is -7.86. The minimum Gasteiger partial charge on any atom is -0.309 e. The number of hydrogen-bond acceptors (Lipinski definition) is 1. The van der Waals surface area contributed by atoms with Gasteiger partial charge in [-0.15, -0.1) is 0 Å². The highest BCUT2D eigenvalue weighted by molar-refractivity contribution is 6.17. The zero-order valence-electron chi connectivity index (χ0n) is 29.5. The van der Waals surface area contributed by atoms with Gasteiger partial charge in [0, 0.05) is 38.0 Å². The van der Waals surface area contributed by atoms with Crippen LogP contribution >= 0.6 is 0 Å². The van der Waals surface area contributed by atoms with Gasteiger partial charge in [0.2, 0.25) is 0 Å². The molecule has 0 N–H and O–H groups in total. The molecule has 0 bridgehead atoms. The van der Waals surface area contributed by atoms with Crippen LogP contribution < -0.4 is 0 Å². The van der Waals surface area contributed by atoms with Crippen LogP contribution in [0.3, 0.4) is 0 Å². The molecular formula is C50H29N5. The van der Waals surface area contributed by atoms with Crippen LogP contribution in [-0.2, 0) is 0 Å². The molecule has 0 amide bonds. The zero-order chi connectivity index (χ0) is 36.6. The van der Waals surface area contributed by atoms with E-state index in [1.54, 1.807) is 0 Å². The van der Waals surface area contributed by atoms with Crippen LogP contribution in [0.2, 0.25) is 0 Å². The third-order valence-electron chi connectivity index (χ3n) is 11.1. The summed E-state index contributed by atoms with van der Waals surface area (Å²) < 4.78 is 6.89. The van der Waals surface area contributed by atoms with E-state index in [4.69, 9.17) is 6.57 Å². The van der Waals surface area contributed by atoms with E-state index in [1.165, 1.54) is 10.8 Å². The molecule has 0 spiro atoms. The first-order valence-electron chi connectivity index (χ1n) is 18.3. The first kappa shape index (κ1) is 30.7. The summed E-state index contributed by atoms with van der Waals surface area (Å²) in [5.41, 5.74) is 12.6. The Bertz CT molecular complexity index is 3350. The van der Waals surface area contributed by atoms with Crippen molar-refractivity contribution in [2.75, 3.05) is 0 Å². The van der Waals surface area contributed by atoms with Gasteiger partial charge >= 0.3 is 0 Å². The summed E-state index contributed by atoms with van der Waals surface area (Å²) in [6.07, 6.45) is 0. The molecule has 0 unspecified atom stereocenters.